The Balaban J connectivity index is 1.40. The van der Waals surface area contributed by atoms with Crippen molar-refractivity contribution in [1.29, 1.82) is 0 Å². The predicted molar refractivity (Wildman–Crippen MR) is 90.3 cm³/mol. The second-order valence-corrected chi connectivity index (χ2v) is 6.95. The van der Waals surface area contributed by atoms with Crippen molar-refractivity contribution in [3.8, 4) is 0 Å². The van der Waals surface area contributed by atoms with Gasteiger partial charge in [0.1, 0.15) is 5.82 Å². The van der Waals surface area contributed by atoms with E-state index in [0.717, 1.165) is 37.9 Å². The molecule has 1 unspecified atom stereocenters. The van der Waals surface area contributed by atoms with Crippen LogP contribution in [0.4, 0.5) is 0 Å². The van der Waals surface area contributed by atoms with Crippen LogP contribution in [0.15, 0.2) is 36.9 Å². The summed E-state index contributed by atoms with van der Waals surface area (Å²) in [5.74, 6) is 2.33. The molecule has 126 valence electrons. The molecule has 2 aromatic heterocycles. The third-order valence-electron chi connectivity index (χ3n) is 4.83. The van der Waals surface area contributed by atoms with Gasteiger partial charge in [0, 0.05) is 56.9 Å². The first-order valence-electron chi connectivity index (χ1n) is 8.68. The quantitative estimate of drug-likeness (QED) is 0.906. The van der Waals surface area contributed by atoms with Crippen molar-refractivity contribution in [1.82, 2.24) is 24.8 Å². The SMILES string of the molecule is O=C(NCC1CN(CC2CC2)Cc2nccn2C1)c1cccnc1. The van der Waals surface area contributed by atoms with E-state index in [1.54, 1.807) is 24.5 Å². The van der Waals surface area contributed by atoms with Crippen molar-refractivity contribution in [2.24, 2.45) is 11.8 Å². The number of amides is 1. The van der Waals surface area contributed by atoms with Gasteiger partial charge in [-0.15, -0.1) is 0 Å². The third-order valence-corrected chi connectivity index (χ3v) is 4.83. The van der Waals surface area contributed by atoms with E-state index in [9.17, 15) is 4.79 Å². The molecule has 2 aromatic rings. The zero-order valence-electron chi connectivity index (χ0n) is 13.8. The van der Waals surface area contributed by atoms with Crippen molar-refractivity contribution < 1.29 is 4.79 Å². The van der Waals surface area contributed by atoms with Gasteiger partial charge in [-0.05, 0) is 30.9 Å². The largest absolute Gasteiger partial charge is 0.352 e. The summed E-state index contributed by atoms with van der Waals surface area (Å²) in [6.45, 7) is 4.65. The summed E-state index contributed by atoms with van der Waals surface area (Å²) in [4.78, 5) is 23.3. The van der Waals surface area contributed by atoms with Gasteiger partial charge < -0.3 is 9.88 Å². The normalized spacial score (nSPS) is 21.1. The molecule has 24 heavy (non-hydrogen) atoms. The summed E-state index contributed by atoms with van der Waals surface area (Å²) in [6.07, 6.45) is 9.92. The highest BCUT2D eigenvalue weighted by Gasteiger charge is 2.28. The molecule has 1 fully saturated rings. The number of rotatable bonds is 5. The van der Waals surface area contributed by atoms with E-state index in [1.807, 2.05) is 12.4 Å². The molecule has 6 heteroatoms. The number of carbonyl (C=O) groups is 1. The highest BCUT2D eigenvalue weighted by molar-refractivity contribution is 5.93. The maximum absolute atomic E-state index is 12.3. The number of carbonyl (C=O) groups excluding carboxylic acids is 1. The van der Waals surface area contributed by atoms with Crippen LogP contribution in [0.1, 0.15) is 29.0 Å². The van der Waals surface area contributed by atoms with Gasteiger partial charge in [-0.25, -0.2) is 4.98 Å². The second kappa shape index (κ2) is 6.73. The second-order valence-electron chi connectivity index (χ2n) is 6.95. The molecular weight excluding hydrogens is 302 g/mol. The Morgan fingerprint density at radius 2 is 2.17 bits per heavy atom. The van der Waals surface area contributed by atoms with Crippen LogP contribution in [0.3, 0.4) is 0 Å². The van der Waals surface area contributed by atoms with Gasteiger partial charge in [-0.2, -0.15) is 0 Å². The predicted octanol–water partition coefficient (Wildman–Crippen LogP) is 1.55. The Kier molecular flexibility index (Phi) is 4.30. The molecule has 1 atom stereocenters. The number of hydrogen-bond donors (Lipinski definition) is 1. The first-order chi connectivity index (χ1) is 11.8. The Morgan fingerprint density at radius 1 is 1.25 bits per heavy atom. The van der Waals surface area contributed by atoms with Crippen molar-refractivity contribution in [3.05, 3.63) is 48.3 Å². The minimum Gasteiger partial charge on any atom is -0.352 e. The molecule has 4 rings (SSSR count). The average Bonchev–Trinajstić information content (AvgIpc) is 3.35. The van der Waals surface area contributed by atoms with Crippen molar-refractivity contribution in [2.45, 2.75) is 25.9 Å². The molecule has 1 aliphatic carbocycles. The fourth-order valence-electron chi connectivity index (χ4n) is 3.39. The van der Waals surface area contributed by atoms with Gasteiger partial charge in [0.2, 0.25) is 0 Å². The van der Waals surface area contributed by atoms with E-state index < -0.39 is 0 Å². The van der Waals surface area contributed by atoms with Gasteiger partial charge in [-0.1, -0.05) is 0 Å². The summed E-state index contributed by atoms with van der Waals surface area (Å²) >= 11 is 0. The van der Waals surface area contributed by atoms with Crippen LogP contribution in [0.2, 0.25) is 0 Å². The zero-order chi connectivity index (χ0) is 16.4. The fourth-order valence-corrected chi connectivity index (χ4v) is 3.39. The summed E-state index contributed by atoms with van der Waals surface area (Å²) in [7, 11) is 0. The van der Waals surface area contributed by atoms with E-state index in [4.69, 9.17) is 0 Å². The van der Waals surface area contributed by atoms with E-state index in [2.05, 4.69) is 24.8 Å². The topological polar surface area (TPSA) is 63.1 Å². The lowest BCUT2D eigenvalue weighted by Gasteiger charge is -2.23. The van der Waals surface area contributed by atoms with E-state index in [-0.39, 0.29) is 5.91 Å². The molecule has 3 heterocycles. The Hall–Kier alpha value is -2.21. The van der Waals surface area contributed by atoms with E-state index in [0.29, 0.717) is 18.0 Å². The number of aromatic nitrogens is 3. The molecule has 0 saturated heterocycles. The van der Waals surface area contributed by atoms with E-state index >= 15 is 0 Å². The summed E-state index contributed by atoms with van der Waals surface area (Å²) in [6, 6.07) is 3.58. The summed E-state index contributed by atoms with van der Waals surface area (Å²) in [5, 5.41) is 3.07. The van der Waals surface area contributed by atoms with Gasteiger partial charge in [-0.3, -0.25) is 14.7 Å². The van der Waals surface area contributed by atoms with Crippen LogP contribution in [-0.4, -0.2) is 45.0 Å². The van der Waals surface area contributed by atoms with Crippen LogP contribution in [0, 0.1) is 11.8 Å². The van der Waals surface area contributed by atoms with Crippen molar-refractivity contribution in [2.75, 3.05) is 19.6 Å². The smallest absolute Gasteiger partial charge is 0.252 e. The highest BCUT2D eigenvalue weighted by atomic mass is 16.1. The molecule has 0 bridgehead atoms. The molecule has 2 aliphatic rings. The Morgan fingerprint density at radius 3 is 2.96 bits per heavy atom. The highest BCUT2D eigenvalue weighted by Crippen LogP contribution is 2.31. The van der Waals surface area contributed by atoms with E-state index in [1.165, 1.54) is 12.8 Å². The molecular formula is C18H23N5O. The maximum atomic E-state index is 12.3. The summed E-state index contributed by atoms with van der Waals surface area (Å²) < 4.78 is 2.23. The molecule has 1 saturated carbocycles. The molecule has 1 N–H and O–H groups in total. The first-order valence-corrected chi connectivity index (χ1v) is 8.68. The minimum absolute atomic E-state index is 0.0491. The summed E-state index contributed by atoms with van der Waals surface area (Å²) in [5.41, 5.74) is 0.615. The number of fused-ring (bicyclic) bond motifs is 1. The van der Waals surface area contributed by atoms with Crippen LogP contribution in [0.25, 0.3) is 0 Å². The van der Waals surface area contributed by atoms with Crippen LogP contribution >= 0.6 is 0 Å². The van der Waals surface area contributed by atoms with Gasteiger partial charge in [0.05, 0.1) is 12.1 Å². The molecule has 0 aromatic carbocycles. The molecule has 6 nitrogen and oxygen atoms in total. The molecule has 1 aliphatic heterocycles. The number of imidazole rings is 1. The molecule has 0 radical (unpaired) electrons. The monoisotopic (exact) mass is 325 g/mol. The number of nitrogens with one attached hydrogen (secondary N) is 1. The lowest BCUT2D eigenvalue weighted by molar-refractivity contribution is 0.0940. The average molecular weight is 325 g/mol. The van der Waals surface area contributed by atoms with Crippen LogP contribution in [0.5, 0.6) is 0 Å². The molecule has 0 spiro atoms. The van der Waals surface area contributed by atoms with Crippen LogP contribution < -0.4 is 5.32 Å². The first kappa shape index (κ1) is 15.3. The Labute approximate surface area is 141 Å². The lowest BCUT2D eigenvalue weighted by Crippen LogP contribution is -2.37. The lowest BCUT2D eigenvalue weighted by atomic mass is 10.1. The van der Waals surface area contributed by atoms with Gasteiger partial charge in [0.25, 0.3) is 5.91 Å². The van der Waals surface area contributed by atoms with Crippen molar-refractivity contribution in [3.63, 3.8) is 0 Å². The number of nitrogens with zero attached hydrogens (tertiary/aromatic N) is 4. The van der Waals surface area contributed by atoms with Crippen LogP contribution in [-0.2, 0) is 13.1 Å². The minimum atomic E-state index is -0.0491. The molecule has 1 amide bonds. The third kappa shape index (κ3) is 3.64. The fraction of sp³-hybridized carbons (Fsp3) is 0.500. The zero-order valence-corrected chi connectivity index (χ0v) is 13.8. The maximum Gasteiger partial charge on any atom is 0.252 e. The number of pyridine rings is 1. The van der Waals surface area contributed by atoms with Crippen molar-refractivity contribution >= 4 is 5.91 Å². The van der Waals surface area contributed by atoms with Gasteiger partial charge in [0.15, 0.2) is 0 Å². The van der Waals surface area contributed by atoms with Gasteiger partial charge >= 0.3 is 0 Å². The Bertz CT molecular complexity index is 694. The number of hydrogen-bond acceptors (Lipinski definition) is 4. The standard InChI is InChI=1S/C18H23N5O/c24-18(16-2-1-5-19-9-16)21-8-15-11-22(10-14-3-4-14)13-17-20-6-7-23(17)12-15/h1-2,5-7,9,14-15H,3-4,8,10-13H2,(H,21,24).